The zero-order chi connectivity index (χ0) is 8.48. The van der Waals surface area contributed by atoms with Crippen LogP contribution in [0, 0.1) is 6.42 Å². The Morgan fingerprint density at radius 1 is 1.64 bits per heavy atom. The summed E-state index contributed by atoms with van der Waals surface area (Å²) in [6.07, 6.45) is -4.92. The number of nitrogens with one attached hydrogen (secondary N) is 1. The van der Waals surface area contributed by atoms with Gasteiger partial charge in [-0.25, -0.2) is 0 Å². The highest BCUT2D eigenvalue weighted by atomic mass is 19.4. The van der Waals surface area contributed by atoms with Crippen molar-refractivity contribution >= 4 is 5.91 Å². The van der Waals surface area contributed by atoms with Crippen molar-refractivity contribution in [1.29, 1.82) is 0 Å². The third-order valence-electron chi connectivity index (χ3n) is 1.08. The van der Waals surface area contributed by atoms with Crippen LogP contribution in [0.2, 0.25) is 0 Å². The smallest absolute Gasteiger partial charge is 0.330 e. The van der Waals surface area contributed by atoms with Crippen LogP contribution < -0.4 is 5.32 Å². The predicted octanol–water partition coefficient (Wildman–Crippen LogP) is 0.573. The van der Waals surface area contributed by atoms with Crippen LogP contribution in [0.1, 0.15) is 6.42 Å². The van der Waals surface area contributed by atoms with Crippen molar-refractivity contribution in [3.8, 4) is 0 Å². The van der Waals surface area contributed by atoms with Crippen molar-refractivity contribution in [2.75, 3.05) is 0 Å². The molecule has 3 nitrogen and oxygen atoms in total. The second-order valence-corrected chi connectivity index (χ2v) is 1.99. The summed E-state index contributed by atoms with van der Waals surface area (Å²) in [4.78, 5) is 10.3. The van der Waals surface area contributed by atoms with E-state index < -0.39 is 18.5 Å². The lowest BCUT2D eigenvalue weighted by molar-refractivity contribution is -0.339. The molecule has 11 heavy (non-hydrogen) atoms. The molecule has 1 unspecified atom stereocenters. The Balaban J connectivity index is 2.34. The number of carbonyl (C=O) groups excluding carboxylic acids is 1. The van der Waals surface area contributed by atoms with E-state index in [1.54, 1.807) is 0 Å². The van der Waals surface area contributed by atoms with Crippen LogP contribution in [0.4, 0.5) is 13.2 Å². The normalized spacial score (nSPS) is 25.4. The molecule has 1 heterocycles. The number of carbonyl (C=O) groups is 1. The fourth-order valence-corrected chi connectivity index (χ4v) is 0.712. The summed E-state index contributed by atoms with van der Waals surface area (Å²) in [7, 11) is 0. The minimum atomic E-state index is -4.70. The minimum Gasteiger partial charge on any atom is -0.330 e. The molecule has 1 N–H and O–H groups in total. The van der Waals surface area contributed by atoms with Crippen molar-refractivity contribution in [2.45, 2.75) is 19.0 Å². The Kier molecular flexibility index (Phi) is 2.03. The lowest BCUT2D eigenvalue weighted by Crippen LogP contribution is -2.33. The Bertz CT molecular complexity index is 168. The first-order valence-corrected chi connectivity index (χ1v) is 2.84. The van der Waals surface area contributed by atoms with Gasteiger partial charge >= 0.3 is 6.36 Å². The molecule has 0 aliphatic carbocycles. The van der Waals surface area contributed by atoms with Gasteiger partial charge in [0, 0.05) is 12.8 Å². The van der Waals surface area contributed by atoms with Crippen molar-refractivity contribution in [1.82, 2.24) is 5.32 Å². The molecule has 0 spiro atoms. The summed E-state index contributed by atoms with van der Waals surface area (Å²) in [5, 5.41) is 1.97. The van der Waals surface area contributed by atoms with Gasteiger partial charge in [0.25, 0.3) is 0 Å². The highest BCUT2D eigenvalue weighted by Crippen LogP contribution is 2.21. The number of hydrogen-bond donors (Lipinski definition) is 1. The number of alkyl halides is 3. The maximum absolute atomic E-state index is 11.4. The Hall–Kier alpha value is -0.780. The molecule has 1 amide bonds. The number of hydrogen-bond acceptors (Lipinski definition) is 2. The molecule has 6 heteroatoms. The van der Waals surface area contributed by atoms with Gasteiger partial charge in [-0.05, 0) is 0 Å². The standard InChI is InChI=1S/C5H5F3NO2/c6-5(7,8)11-4-2-1-3(10)9-4/h2,4H,1H2,(H,9,10). The zero-order valence-corrected chi connectivity index (χ0v) is 5.31. The molecule has 1 radical (unpaired) electrons. The van der Waals surface area contributed by atoms with Crippen LogP contribution in [-0.2, 0) is 9.53 Å². The van der Waals surface area contributed by atoms with E-state index in [1.807, 2.05) is 5.32 Å². The maximum Gasteiger partial charge on any atom is 0.524 e. The second kappa shape index (κ2) is 2.69. The first-order valence-electron chi connectivity index (χ1n) is 2.84. The predicted molar refractivity (Wildman–Crippen MR) is 28.0 cm³/mol. The summed E-state index contributed by atoms with van der Waals surface area (Å²) >= 11 is 0. The lowest BCUT2D eigenvalue weighted by Gasteiger charge is -2.12. The van der Waals surface area contributed by atoms with Gasteiger partial charge < -0.3 is 5.32 Å². The van der Waals surface area contributed by atoms with Crippen molar-refractivity contribution in [3.63, 3.8) is 0 Å². The second-order valence-electron chi connectivity index (χ2n) is 1.99. The number of amides is 1. The van der Waals surface area contributed by atoms with Gasteiger partial charge in [-0.1, -0.05) is 0 Å². The molecule has 1 aliphatic heterocycles. The van der Waals surface area contributed by atoms with Gasteiger partial charge in [0.2, 0.25) is 5.91 Å². The molecule has 1 aliphatic rings. The molecule has 0 bridgehead atoms. The number of ether oxygens (including phenoxy) is 1. The van der Waals surface area contributed by atoms with E-state index in [4.69, 9.17) is 0 Å². The van der Waals surface area contributed by atoms with Crippen molar-refractivity contribution < 1.29 is 22.7 Å². The number of halogens is 3. The third kappa shape index (κ3) is 2.75. The van der Waals surface area contributed by atoms with Gasteiger partial charge in [0.15, 0.2) is 0 Å². The Morgan fingerprint density at radius 3 is 2.64 bits per heavy atom. The van der Waals surface area contributed by atoms with E-state index >= 15 is 0 Å². The molecule has 63 valence electrons. The van der Waals surface area contributed by atoms with E-state index in [0.717, 1.165) is 6.42 Å². The fraction of sp³-hybridized carbons (Fsp3) is 0.600. The monoisotopic (exact) mass is 168 g/mol. The summed E-state index contributed by atoms with van der Waals surface area (Å²) in [5.41, 5.74) is 0. The number of rotatable bonds is 1. The van der Waals surface area contributed by atoms with E-state index in [0.29, 0.717) is 0 Å². The summed E-state index contributed by atoms with van der Waals surface area (Å²) in [6.45, 7) is 0. The average molecular weight is 168 g/mol. The SMILES string of the molecule is O=C1C[CH]C(OC(F)(F)F)N1. The van der Waals surface area contributed by atoms with Crippen LogP contribution in [-0.4, -0.2) is 18.5 Å². The zero-order valence-electron chi connectivity index (χ0n) is 5.31. The maximum atomic E-state index is 11.4. The molecule has 0 aromatic heterocycles. The first-order chi connectivity index (χ1) is 4.97. The van der Waals surface area contributed by atoms with E-state index in [-0.39, 0.29) is 6.42 Å². The van der Waals surface area contributed by atoms with Crippen molar-refractivity contribution in [2.24, 2.45) is 0 Å². The van der Waals surface area contributed by atoms with Crippen LogP contribution in [0.5, 0.6) is 0 Å². The Morgan fingerprint density at radius 2 is 2.27 bits per heavy atom. The summed E-state index contributed by atoms with van der Waals surface area (Å²) in [5.74, 6) is -0.459. The molecule has 1 fully saturated rings. The lowest BCUT2D eigenvalue weighted by atomic mass is 10.3. The van der Waals surface area contributed by atoms with Gasteiger partial charge in [-0.15, -0.1) is 13.2 Å². The molecule has 1 rings (SSSR count). The minimum absolute atomic E-state index is 0.0270. The molecular formula is C5H5F3NO2. The van der Waals surface area contributed by atoms with E-state index in [9.17, 15) is 18.0 Å². The van der Waals surface area contributed by atoms with Crippen LogP contribution in [0.15, 0.2) is 0 Å². The fourth-order valence-electron chi connectivity index (χ4n) is 0.712. The van der Waals surface area contributed by atoms with Gasteiger partial charge in [0.1, 0.15) is 6.23 Å². The van der Waals surface area contributed by atoms with Crippen LogP contribution in [0.25, 0.3) is 0 Å². The molecule has 0 aromatic carbocycles. The first kappa shape index (κ1) is 8.32. The molecule has 0 saturated carbocycles. The highest BCUT2D eigenvalue weighted by molar-refractivity contribution is 5.80. The molecule has 1 saturated heterocycles. The topological polar surface area (TPSA) is 38.3 Å². The van der Waals surface area contributed by atoms with Crippen LogP contribution in [0.3, 0.4) is 0 Å². The van der Waals surface area contributed by atoms with Gasteiger partial charge in [-0.3, -0.25) is 9.53 Å². The van der Waals surface area contributed by atoms with Gasteiger partial charge in [-0.2, -0.15) is 0 Å². The quantitative estimate of drug-likeness (QED) is 0.621. The van der Waals surface area contributed by atoms with Gasteiger partial charge in [0.05, 0.1) is 0 Å². The molecule has 1 atom stereocenters. The summed E-state index contributed by atoms with van der Waals surface area (Å²) in [6, 6.07) is 0. The molecule has 0 aromatic rings. The largest absolute Gasteiger partial charge is 0.524 e. The Labute approximate surface area is 60.5 Å². The van der Waals surface area contributed by atoms with Crippen molar-refractivity contribution in [3.05, 3.63) is 6.42 Å². The van der Waals surface area contributed by atoms with Crippen LogP contribution >= 0.6 is 0 Å². The highest BCUT2D eigenvalue weighted by Gasteiger charge is 2.36. The third-order valence-corrected chi connectivity index (χ3v) is 1.08. The van der Waals surface area contributed by atoms with E-state index in [2.05, 4.69) is 4.74 Å². The summed E-state index contributed by atoms with van der Waals surface area (Å²) < 4.78 is 37.8. The van der Waals surface area contributed by atoms with E-state index in [1.165, 1.54) is 0 Å². The molecular weight excluding hydrogens is 163 g/mol. The average Bonchev–Trinajstić information content (AvgIpc) is 2.10.